The molecule has 0 spiro atoms. The van der Waals surface area contributed by atoms with Gasteiger partial charge < -0.3 is 9.31 Å². The standard InChI is InChI=1S/C15H17BN2O2/c1-6-7-12-8-11(10-17)9-13(18-12)16-19-14(2,3)15(4,5)20-16/h1,8-9H,7H2,2-5H3. The molecule has 20 heavy (non-hydrogen) atoms. The van der Waals surface area contributed by atoms with Gasteiger partial charge in [-0.25, -0.2) is 0 Å². The first-order chi connectivity index (χ1) is 9.29. The first-order valence-electron chi connectivity index (χ1n) is 6.49. The Labute approximate surface area is 120 Å². The van der Waals surface area contributed by atoms with Crippen LogP contribution >= 0.6 is 0 Å². The molecule has 4 nitrogen and oxygen atoms in total. The monoisotopic (exact) mass is 268 g/mol. The smallest absolute Gasteiger partial charge is 0.398 e. The average Bonchev–Trinajstić information content (AvgIpc) is 2.58. The Kier molecular flexibility index (Phi) is 3.60. The third-order valence-electron chi connectivity index (χ3n) is 3.81. The summed E-state index contributed by atoms with van der Waals surface area (Å²) in [5, 5.41) is 9.09. The van der Waals surface area contributed by atoms with Gasteiger partial charge in [-0.2, -0.15) is 5.26 Å². The zero-order valence-corrected chi connectivity index (χ0v) is 12.2. The van der Waals surface area contributed by atoms with Crippen molar-refractivity contribution in [3.8, 4) is 18.4 Å². The summed E-state index contributed by atoms with van der Waals surface area (Å²) in [4.78, 5) is 4.44. The van der Waals surface area contributed by atoms with E-state index in [-0.39, 0.29) is 0 Å². The number of terminal acetylenes is 1. The van der Waals surface area contributed by atoms with Gasteiger partial charge in [0.15, 0.2) is 0 Å². The molecule has 102 valence electrons. The molecule has 1 aromatic rings. The van der Waals surface area contributed by atoms with Gasteiger partial charge in [-0.3, -0.25) is 4.98 Å². The minimum Gasteiger partial charge on any atom is -0.398 e. The van der Waals surface area contributed by atoms with E-state index in [1.165, 1.54) is 0 Å². The van der Waals surface area contributed by atoms with E-state index in [4.69, 9.17) is 21.0 Å². The largest absolute Gasteiger partial charge is 0.514 e. The summed E-state index contributed by atoms with van der Waals surface area (Å²) in [6.07, 6.45) is 5.68. The quantitative estimate of drug-likeness (QED) is 0.601. The van der Waals surface area contributed by atoms with Gasteiger partial charge in [-0.15, -0.1) is 12.3 Å². The first-order valence-corrected chi connectivity index (χ1v) is 6.49. The molecule has 1 aliphatic heterocycles. The number of nitriles is 1. The maximum Gasteiger partial charge on any atom is 0.514 e. The second-order valence-electron chi connectivity index (χ2n) is 5.85. The minimum atomic E-state index is -0.579. The van der Waals surface area contributed by atoms with Gasteiger partial charge in [0.25, 0.3) is 0 Å². The van der Waals surface area contributed by atoms with Gasteiger partial charge in [-0.05, 0) is 39.8 Å². The summed E-state index contributed by atoms with van der Waals surface area (Å²) in [6, 6.07) is 5.48. The van der Waals surface area contributed by atoms with Gasteiger partial charge in [0.1, 0.15) is 0 Å². The van der Waals surface area contributed by atoms with E-state index in [1.54, 1.807) is 12.1 Å². The fraction of sp³-hybridized carbons (Fsp3) is 0.467. The van der Waals surface area contributed by atoms with Crippen LogP contribution < -0.4 is 5.59 Å². The van der Waals surface area contributed by atoms with Crippen molar-refractivity contribution in [1.82, 2.24) is 4.98 Å². The van der Waals surface area contributed by atoms with Gasteiger partial charge in [0.2, 0.25) is 0 Å². The van der Waals surface area contributed by atoms with Gasteiger partial charge >= 0.3 is 7.12 Å². The van der Waals surface area contributed by atoms with Crippen LogP contribution in [0.15, 0.2) is 12.1 Å². The second kappa shape index (κ2) is 4.94. The molecule has 0 atom stereocenters. The second-order valence-corrected chi connectivity index (χ2v) is 5.85. The molecule has 0 bridgehead atoms. The Morgan fingerprint density at radius 2 is 1.85 bits per heavy atom. The Hall–Kier alpha value is -1.82. The van der Waals surface area contributed by atoms with Crippen molar-refractivity contribution >= 4 is 12.7 Å². The van der Waals surface area contributed by atoms with E-state index < -0.39 is 18.3 Å². The van der Waals surface area contributed by atoms with Gasteiger partial charge in [0.05, 0.1) is 40.5 Å². The van der Waals surface area contributed by atoms with E-state index in [0.29, 0.717) is 23.3 Å². The lowest BCUT2D eigenvalue weighted by molar-refractivity contribution is 0.00578. The zero-order valence-electron chi connectivity index (χ0n) is 12.2. The minimum absolute atomic E-state index is 0.377. The molecule has 0 aliphatic carbocycles. The van der Waals surface area contributed by atoms with Crippen LogP contribution in [0.2, 0.25) is 0 Å². The van der Waals surface area contributed by atoms with Gasteiger partial charge in [-0.1, -0.05) is 0 Å². The molecule has 1 aliphatic rings. The van der Waals surface area contributed by atoms with Crippen molar-refractivity contribution in [1.29, 1.82) is 5.26 Å². The van der Waals surface area contributed by atoms with Crippen molar-refractivity contribution in [3.63, 3.8) is 0 Å². The number of hydrogen-bond acceptors (Lipinski definition) is 4. The molecule has 0 saturated carbocycles. The number of nitrogens with zero attached hydrogens (tertiary/aromatic N) is 2. The van der Waals surface area contributed by atoms with Gasteiger partial charge in [0, 0.05) is 0 Å². The Bertz CT molecular complexity index is 595. The number of hydrogen-bond donors (Lipinski definition) is 0. The van der Waals surface area contributed by atoms with E-state index in [0.717, 1.165) is 0 Å². The fourth-order valence-electron chi connectivity index (χ4n) is 1.96. The van der Waals surface area contributed by atoms with Crippen molar-refractivity contribution in [2.45, 2.75) is 45.3 Å². The topological polar surface area (TPSA) is 55.1 Å². The molecule has 0 aromatic carbocycles. The molecular formula is C15H17BN2O2. The van der Waals surface area contributed by atoms with E-state index in [1.807, 2.05) is 27.7 Å². The van der Waals surface area contributed by atoms with Crippen LogP contribution in [0.4, 0.5) is 0 Å². The molecule has 0 radical (unpaired) electrons. The summed E-state index contributed by atoms with van der Waals surface area (Å²) in [5.41, 5.74) is 0.905. The maximum absolute atomic E-state index is 9.09. The molecule has 2 rings (SSSR count). The first kappa shape index (κ1) is 14.6. The number of rotatable bonds is 2. The number of pyridine rings is 1. The van der Waals surface area contributed by atoms with E-state index in [9.17, 15) is 0 Å². The van der Waals surface area contributed by atoms with Crippen LogP contribution in [0.3, 0.4) is 0 Å². The van der Waals surface area contributed by atoms with Crippen molar-refractivity contribution in [3.05, 3.63) is 23.4 Å². The van der Waals surface area contributed by atoms with Crippen LogP contribution in [0.1, 0.15) is 39.0 Å². The summed E-state index contributed by atoms with van der Waals surface area (Å²) in [5.74, 6) is 2.53. The Morgan fingerprint density at radius 3 is 2.35 bits per heavy atom. The highest BCUT2D eigenvalue weighted by molar-refractivity contribution is 6.61. The molecular weight excluding hydrogens is 251 g/mol. The predicted octanol–water partition coefficient (Wildman–Crippen LogP) is 1.43. The van der Waals surface area contributed by atoms with E-state index in [2.05, 4.69) is 17.0 Å². The van der Waals surface area contributed by atoms with Crippen LogP contribution in [-0.4, -0.2) is 23.3 Å². The molecule has 0 amide bonds. The van der Waals surface area contributed by atoms with Crippen molar-refractivity contribution < 1.29 is 9.31 Å². The van der Waals surface area contributed by atoms with Crippen LogP contribution in [0.5, 0.6) is 0 Å². The Morgan fingerprint density at radius 1 is 1.25 bits per heavy atom. The van der Waals surface area contributed by atoms with Crippen molar-refractivity contribution in [2.24, 2.45) is 0 Å². The summed E-state index contributed by atoms with van der Waals surface area (Å²) < 4.78 is 11.9. The molecule has 0 unspecified atom stereocenters. The summed E-state index contributed by atoms with van der Waals surface area (Å²) in [7, 11) is -0.579. The summed E-state index contributed by atoms with van der Waals surface area (Å²) in [6.45, 7) is 7.90. The zero-order chi connectivity index (χ0) is 15.0. The van der Waals surface area contributed by atoms with Crippen LogP contribution in [0, 0.1) is 23.7 Å². The molecule has 1 aromatic heterocycles. The highest BCUT2D eigenvalue weighted by Crippen LogP contribution is 2.36. The molecule has 1 saturated heterocycles. The molecule has 5 heteroatoms. The van der Waals surface area contributed by atoms with E-state index >= 15 is 0 Å². The molecule has 1 fully saturated rings. The van der Waals surface area contributed by atoms with Crippen molar-refractivity contribution in [2.75, 3.05) is 0 Å². The Balaban J connectivity index is 2.38. The van der Waals surface area contributed by atoms with Crippen LogP contribution in [0.25, 0.3) is 0 Å². The fourth-order valence-corrected chi connectivity index (χ4v) is 1.96. The lowest BCUT2D eigenvalue weighted by Gasteiger charge is -2.32. The predicted molar refractivity (Wildman–Crippen MR) is 77.2 cm³/mol. The lowest BCUT2D eigenvalue weighted by Crippen LogP contribution is -2.41. The molecule has 2 heterocycles. The highest BCUT2D eigenvalue weighted by atomic mass is 16.7. The highest BCUT2D eigenvalue weighted by Gasteiger charge is 2.52. The number of aromatic nitrogens is 1. The summed E-state index contributed by atoms with van der Waals surface area (Å²) >= 11 is 0. The lowest BCUT2D eigenvalue weighted by atomic mass is 9.83. The third kappa shape index (κ3) is 2.56. The van der Waals surface area contributed by atoms with Crippen LogP contribution in [-0.2, 0) is 15.7 Å². The molecule has 0 N–H and O–H groups in total. The average molecular weight is 268 g/mol. The SMILES string of the molecule is C#CCc1cc(C#N)cc(B2OC(C)(C)C(C)(C)O2)n1. The third-order valence-corrected chi connectivity index (χ3v) is 3.81. The normalized spacial score (nSPS) is 19.4. The maximum atomic E-state index is 9.09.